The average Bonchev–Trinajstić information content (AvgIpc) is 2.54. The number of ether oxygens (including phenoxy) is 1. The Hall–Kier alpha value is -0.710. The van der Waals surface area contributed by atoms with Gasteiger partial charge in [-0.15, -0.1) is 11.8 Å². The molecule has 2 rings (SSSR count). The van der Waals surface area contributed by atoms with Crippen LogP contribution in [0.5, 0.6) is 0 Å². The van der Waals surface area contributed by atoms with Crippen LogP contribution in [0.4, 0.5) is 0 Å². The van der Waals surface area contributed by atoms with E-state index in [2.05, 4.69) is 11.0 Å². The van der Waals surface area contributed by atoms with E-state index in [1.807, 2.05) is 36.9 Å². The van der Waals surface area contributed by atoms with Crippen LogP contribution < -0.4 is 0 Å². The Kier molecular flexibility index (Phi) is 7.56. The van der Waals surface area contributed by atoms with Crippen molar-refractivity contribution in [2.24, 2.45) is 5.92 Å². The van der Waals surface area contributed by atoms with Gasteiger partial charge in [0.1, 0.15) is 0 Å². The molecule has 0 radical (unpaired) electrons. The molecule has 0 atom stereocenters. The van der Waals surface area contributed by atoms with Gasteiger partial charge in [-0.2, -0.15) is 0 Å². The number of hydrogen-bond donors (Lipinski definition) is 0. The number of halogens is 1. The maximum atomic E-state index is 11.7. The topological polar surface area (TPSA) is 29.5 Å². The number of carbonyl (C=O) groups excluding carboxylic acids is 1. The highest BCUT2D eigenvalue weighted by atomic mass is 35.5. The van der Waals surface area contributed by atoms with Gasteiger partial charge < -0.3 is 9.64 Å². The molecule has 0 aliphatic carbocycles. The van der Waals surface area contributed by atoms with Crippen LogP contribution in [0.25, 0.3) is 0 Å². The largest absolute Gasteiger partial charge is 0.466 e. The van der Waals surface area contributed by atoms with Crippen LogP contribution in [0.1, 0.15) is 26.2 Å². The highest BCUT2D eigenvalue weighted by Crippen LogP contribution is 2.27. The number of nitrogens with zero attached hydrogens (tertiary/aromatic N) is 1. The van der Waals surface area contributed by atoms with Crippen LogP contribution in [-0.2, 0) is 9.53 Å². The van der Waals surface area contributed by atoms with Crippen molar-refractivity contribution in [2.45, 2.75) is 31.1 Å². The fourth-order valence-electron chi connectivity index (χ4n) is 2.68. The van der Waals surface area contributed by atoms with E-state index >= 15 is 0 Å². The predicted molar refractivity (Wildman–Crippen MR) is 92.6 cm³/mol. The van der Waals surface area contributed by atoms with Gasteiger partial charge in [0.05, 0.1) is 17.5 Å². The molecule has 1 fully saturated rings. The van der Waals surface area contributed by atoms with E-state index in [9.17, 15) is 4.79 Å². The summed E-state index contributed by atoms with van der Waals surface area (Å²) >= 11 is 7.96. The highest BCUT2D eigenvalue weighted by Gasteiger charge is 2.25. The highest BCUT2D eigenvalue weighted by molar-refractivity contribution is 7.99. The van der Waals surface area contributed by atoms with Crippen molar-refractivity contribution in [3.8, 4) is 0 Å². The quantitative estimate of drug-likeness (QED) is 0.424. The first-order valence-corrected chi connectivity index (χ1v) is 9.33. The molecule has 122 valence electrons. The van der Waals surface area contributed by atoms with Crippen molar-refractivity contribution in [1.29, 1.82) is 0 Å². The Morgan fingerprint density at radius 3 is 2.77 bits per heavy atom. The van der Waals surface area contributed by atoms with Crippen molar-refractivity contribution in [1.82, 2.24) is 4.90 Å². The van der Waals surface area contributed by atoms with Gasteiger partial charge in [-0.3, -0.25) is 4.79 Å². The maximum Gasteiger partial charge on any atom is 0.309 e. The zero-order valence-corrected chi connectivity index (χ0v) is 14.7. The Labute approximate surface area is 142 Å². The zero-order chi connectivity index (χ0) is 15.8. The van der Waals surface area contributed by atoms with Crippen LogP contribution in [0.2, 0.25) is 5.02 Å². The molecule has 1 aliphatic rings. The summed E-state index contributed by atoms with van der Waals surface area (Å²) in [7, 11) is 0. The number of piperidine rings is 1. The third kappa shape index (κ3) is 5.49. The SMILES string of the molecule is CCOC(=O)C1CCN(CCCSc2ccccc2Cl)CC1. The number of benzene rings is 1. The molecule has 22 heavy (non-hydrogen) atoms. The first-order valence-electron chi connectivity index (χ1n) is 7.97. The second-order valence-electron chi connectivity index (χ2n) is 5.50. The van der Waals surface area contributed by atoms with Crippen LogP contribution in [0.3, 0.4) is 0 Å². The van der Waals surface area contributed by atoms with E-state index in [1.165, 1.54) is 0 Å². The molecular formula is C17H24ClNO2S. The summed E-state index contributed by atoms with van der Waals surface area (Å²) in [6.07, 6.45) is 2.99. The van der Waals surface area contributed by atoms with Gasteiger partial charge in [0.15, 0.2) is 0 Å². The normalized spacial score (nSPS) is 16.6. The Balaban J connectivity index is 1.61. The fourth-order valence-corrected chi connectivity index (χ4v) is 3.86. The molecule has 1 aliphatic heterocycles. The maximum absolute atomic E-state index is 11.7. The van der Waals surface area contributed by atoms with Gasteiger partial charge in [0, 0.05) is 4.90 Å². The Morgan fingerprint density at radius 1 is 1.36 bits per heavy atom. The first kappa shape index (κ1) is 17.6. The monoisotopic (exact) mass is 341 g/mol. The van der Waals surface area contributed by atoms with Gasteiger partial charge >= 0.3 is 5.97 Å². The lowest BCUT2D eigenvalue weighted by Gasteiger charge is -2.30. The number of carbonyl (C=O) groups is 1. The molecule has 0 bridgehead atoms. The fraction of sp³-hybridized carbons (Fsp3) is 0.588. The minimum Gasteiger partial charge on any atom is -0.466 e. The van der Waals surface area contributed by atoms with Crippen LogP contribution >= 0.6 is 23.4 Å². The van der Waals surface area contributed by atoms with E-state index in [0.717, 1.165) is 54.6 Å². The molecule has 1 aromatic rings. The average molecular weight is 342 g/mol. The van der Waals surface area contributed by atoms with Gasteiger partial charge in [0.25, 0.3) is 0 Å². The lowest BCUT2D eigenvalue weighted by Crippen LogP contribution is -2.37. The van der Waals surface area contributed by atoms with E-state index in [4.69, 9.17) is 16.3 Å². The zero-order valence-electron chi connectivity index (χ0n) is 13.1. The van der Waals surface area contributed by atoms with Crippen molar-refractivity contribution in [2.75, 3.05) is 32.0 Å². The number of thioether (sulfide) groups is 1. The van der Waals surface area contributed by atoms with Crippen LogP contribution in [0, 0.1) is 5.92 Å². The lowest BCUT2D eigenvalue weighted by molar-refractivity contribution is -0.149. The minimum atomic E-state index is -0.0172. The second kappa shape index (κ2) is 9.43. The van der Waals surface area contributed by atoms with Gasteiger partial charge in [-0.1, -0.05) is 23.7 Å². The Morgan fingerprint density at radius 2 is 2.09 bits per heavy atom. The first-order chi connectivity index (χ1) is 10.7. The summed E-state index contributed by atoms with van der Waals surface area (Å²) in [5.41, 5.74) is 0. The third-order valence-corrected chi connectivity index (χ3v) is 5.52. The summed E-state index contributed by atoms with van der Waals surface area (Å²) in [6, 6.07) is 7.98. The lowest BCUT2D eigenvalue weighted by atomic mass is 9.97. The standard InChI is InChI=1S/C17H24ClNO2S/c1-2-21-17(20)14-8-11-19(12-9-14)10-5-13-22-16-7-4-3-6-15(16)18/h3-4,6-7,14H,2,5,8-13H2,1H3. The molecular weight excluding hydrogens is 318 g/mol. The van der Waals surface area contributed by atoms with E-state index in [1.54, 1.807) is 0 Å². The van der Waals surface area contributed by atoms with Crippen molar-refractivity contribution < 1.29 is 9.53 Å². The number of esters is 1. The molecule has 0 saturated carbocycles. The van der Waals surface area contributed by atoms with E-state index in [-0.39, 0.29) is 11.9 Å². The molecule has 0 unspecified atom stereocenters. The molecule has 0 N–H and O–H groups in total. The van der Waals surface area contributed by atoms with Crippen LogP contribution in [0.15, 0.2) is 29.2 Å². The molecule has 0 amide bonds. The molecule has 0 aromatic heterocycles. The number of hydrogen-bond acceptors (Lipinski definition) is 4. The van der Waals surface area contributed by atoms with Gasteiger partial charge in [0.2, 0.25) is 0 Å². The molecule has 1 heterocycles. The van der Waals surface area contributed by atoms with Crippen molar-refractivity contribution in [3.05, 3.63) is 29.3 Å². The van der Waals surface area contributed by atoms with Crippen molar-refractivity contribution >= 4 is 29.3 Å². The number of rotatable bonds is 7. The summed E-state index contributed by atoms with van der Waals surface area (Å²) in [6.45, 7) is 5.44. The van der Waals surface area contributed by atoms with E-state index < -0.39 is 0 Å². The predicted octanol–water partition coefficient (Wildman–Crippen LogP) is 4.10. The second-order valence-corrected chi connectivity index (χ2v) is 7.04. The smallest absolute Gasteiger partial charge is 0.309 e. The summed E-state index contributed by atoms with van der Waals surface area (Å²) in [4.78, 5) is 15.3. The van der Waals surface area contributed by atoms with Gasteiger partial charge in [-0.25, -0.2) is 0 Å². The Bertz CT molecular complexity index is 475. The molecule has 5 heteroatoms. The summed E-state index contributed by atoms with van der Waals surface area (Å²) < 4.78 is 5.10. The molecule has 0 spiro atoms. The molecule has 1 saturated heterocycles. The van der Waals surface area contributed by atoms with Crippen molar-refractivity contribution in [3.63, 3.8) is 0 Å². The molecule has 3 nitrogen and oxygen atoms in total. The van der Waals surface area contributed by atoms with Crippen LogP contribution in [-0.4, -0.2) is 42.9 Å². The summed E-state index contributed by atoms with van der Waals surface area (Å²) in [5, 5.41) is 0.836. The van der Waals surface area contributed by atoms with Gasteiger partial charge in [-0.05, 0) is 63.7 Å². The summed E-state index contributed by atoms with van der Waals surface area (Å²) in [5.74, 6) is 1.16. The third-order valence-electron chi connectivity index (χ3n) is 3.92. The minimum absolute atomic E-state index is 0.0172. The molecule has 1 aromatic carbocycles. The van der Waals surface area contributed by atoms with E-state index in [0.29, 0.717) is 6.61 Å². The number of likely N-dealkylation sites (tertiary alicyclic amines) is 1.